The van der Waals surface area contributed by atoms with E-state index >= 15 is 0 Å². The third-order valence-electron chi connectivity index (χ3n) is 4.36. The minimum Gasteiger partial charge on any atom is -0.345 e. The van der Waals surface area contributed by atoms with E-state index in [0.717, 1.165) is 17.7 Å². The van der Waals surface area contributed by atoms with Crippen molar-refractivity contribution in [3.8, 4) is 0 Å². The van der Waals surface area contributed by atoms with Gasteiger partial charge in [0.05, 0.1) is 0 Å². The molecular weight excluding hydrogens is 244 g/mol. The van der Waals surface area contributed by atoms with Crippen LogP contribution in [0.3, 0.4) is 0 Å². The van der Waals surface area contributed by atoms with Crippen LogP contribution in [0.5, 0.6) is 0 Å². The van der Waals surface area contributed by atoms with Crippen LogP contribution in [0.25, 0.3) is 0 Å². The first-order chi connectivity index (χ1) is 9.31. The van der Waals surface area contributed by atoms with Gasteiger partial charge in [-0.15, -0.1) is 0 Å². The normalized spacial score (nSPS) is 29.5. The highest BCUT2D eigenvalue weighted by molar-refractivity contribution is 5.06. The largest absolute Gasteiger partial charge is 0.345 e. The van der Waals surface area contributed by atoms with Crippen LogP contribution in [-0.2, 0) is 9.47 Å². The molecule has 3 rings (SSSR count). The zero-order valence-electron chi connectivity index (χ0n) is 11.7. The van der Waals surface area contributed by atoms with Crippen molar-refractivity contribution >= 4 is 0 Å². The zero-order valence-corrected chi connectivity index (χ0v) is 11.7. The van der Waals surface area contributed by atoms with Crippen molar-refractivity contribution in [1.29, 1.82) is 0 Å². The molecule has 0 saturated heterocycles. The van der Waals surface area contributed by atoms with Crippen LogP contribution in [0.1, 0.15) is 63.5 Å². The van der Waals surface area contributed by atoms with Gasteiger partial charge in [-0.3, -0.25) is 0 Å². The Balaban J connectivity index is 1.71. The molecule has 2 saturated carbocycles. The molecule has 5 nitrogen and oxygen atoms in total. The van der Waals surface area contributed by atoms with E-state index < -0.39 is 6.29 Å². The maximum atomic E-state index is 5.49. The number of aromatic nitrogens is 2. The van der Waals surface area contributed by atoms with Crippen molar-refractivity contribution in [3.05, 3.63) is 11.7 Å². The van der Waals surface area contributed by atoms with Gasteiger partial charge in [-0.2, -0.15) is 4.98 Å². The number of nitrogens with zero attached hydrogens (tertiary/aromatic N) is 2. The maximum Gasteiger partial charge on any atom is 0.283 e. The number of hydrogen-bond donors (Lipinski definition) is 0. The Morgan fingerprint density at radius 3 is 2.58 bits per heavy atom. The van der Waals surface area contributed by atoms with Gasteiger partial charge in [0, 0.05) is 19.1 Å². The minimum absolute atomic E-state index is 0.460. The molecule has 0 amide bonds. The highest BCUT2D eigenvalue weighted by Crippen LogP contribution is 2.52. The summed E-state index contributed by atoms with van der Waals surface area (Å²) in [7, 11) is 0. The average Bonchev–Trinajstić information content (AvgIpc) is 3.14. The van der Waals surface area contributed by atoms with Crippen molar-refractivity contribution in [2.45, 2.75) is 51.7 Å². The Labute approximate surface area is 113 Å². The summed E-state index contributed by atoms with van der Waals surface area (Å²) >= 11 is 0. The molecule has 0 spiro atoms. The molecular formula is C14H22N2O3. The van der Waals surface area contributed by atoms with Gasteiger partial charge in [0.25, 0.3) is 5.89 Å². The topological polar surface area (TPSA) is 57.4 Å². The molecule has 2 bridgehead atoms. The van der Waals surface area contributed by atoms with Crippen molar-refractivity contribution in [2.24, 2.45) is 11.8 Å². The van der Waals surface area contributed by atoms with Crippen LogP contribution in [0, 0.1) is 11.8 Å². The van der Waals surface area contributed by atoms with Crippen molar-refractivity contribution < 1.29 is 14.0 Å². The lowest BCUT2D eigenvalue weighted by molar-refractivity contribution is -0.155. The smallest absolute Gasteiger partial charge is 0.283 e. The first-order valence-corrected chi connectivity index (χ1v) is 7.38. The second-order valence-electron chi connectivity index (χ2n) is 5.51. The number of rotatable bonds is 6. The highest BCUT2D eigenvalue weighted by atomic mass is 16.7. The number of ether oxygens (including phenoxy) is 2. The van der Waals surface area contributed by atoms with Crippen molar-refractivity contribution in [2.75, 3.05) is 13.2 Å². The summed E-state index contributed by atoms with van der Waals surface area (Å²) in [5.74, 6) is 3.44. The van der Waals surface area contributed by atoms with Gasteiger partial charge >= 0.3 is 0 Å². The van der Waals surface area contributed by atoms with E-state index in [2.05, 4.69) is 10.1 Å². The van der Waals surface area contributed by atoms with Gasteiger partial charge < -0.3 is 14.0 Å². The Hall–Kier alpha value is -0.940. The third-order valence-corrected chi connectivity index (χ3v) is 4.36. The molecule has 0 N–H and O–H groups in total. The van der Waals surface area contributed by atoms with Gasteiger partial charge in [-0.1, -0.05) is 11.6 Å². The highest BCUT2D eigenvalue weighted by Gasteiger charge is 2.42. The van der Waals surface area contributed by atoms with Crippen LogP contribution in [0.2, 0.25) is 0 Å². The molecule has 106 valence electrons. The Bertz CT molecular complexity index is 415. The zero-order chi connectivity index (χ0) is 13.2. The first-order valence-electron chi connectivity index (χ1n) is 7.38. The molecule has 0 aromatic carbocycles. The van der Waals surface area contributed by atoms with Gasteiger partial charge in [0.2, 0.25) is 6.29 Å². The Kier molecular flexibility index (Phi) is 3.84. The third kappa shape index (κ3) is 2.54. The van der Waals surface area contributed by atoms with Crippen LogP contribution in [0.15, 0.2) is 4.52 Å². The summed E-state index contributed by atoms with van der Waals surface area (Å²) in [6.45, 7) is 4.99. The Morgan fingerprint density at radius 1 is 1.21 bits per heavy atom. The van der Waals surface area contributed by atoms with Crippen LogP contribution >= 0.6 is 0 Å². The van der Waals surface area contributed by atoms with Crippen molar-refractivity contribution in [3.63, 3.8) is 0 Å². The molecule has 1 aromatic heterocycles. The fourth-order valence-electron chi connectivity index (χ4n) is 3.55. The van der Waals surface area contributed by atoms with E-state index in [4.69, 9.17) is 14.0 Å². The fraction of sp³-hybridized carbons (Fsp3) is 0.857. The second-order valence-corrected chi connectivity index (χ2v) is 5.51. The maximum absolute atomic E-state index is 5.49. The molecule has 3 atom stereocenters. The lowest BCUT2D eigenvalue weighted by atomic mass is 9.88. The van der Waals surface area contributed by atoms with E-state index in [1.807, 2.05) is 13.8 Å². The summed E-state index contributed by atoms with van der Waals surface area (Å²) in [5, 5.41) is 4.16. The predicted molar refractivity (Wildman–Crippen MR) is 68.5 cm³/mol. The van der Waals surface area contributed by atoms with E-state index in [9.17, 15) is 0 Å². The molecule has 2 aliphatic rings. The molecule has 2 fully saturated rings. The van der Waals surface area contributed by atoms with Crippen LogP contribution in [-0.4, -0.2) is 23.4 Å². The van der Waals surface area contributed by atoms with Gasteiger partial charge in [0.1, 0.15) is 0 Å². The van der Waals surface area contributed by atoms with Gasteiger partial charge in [0.15, 0.2) is 5.82 Å². The summed E-state index contributed by atoms with van der Waals surface area (Å²) in [4.78, 5) is 4.52. The second kappa shape index (κ2) is 5.59. The fourth-order valence-corrected chi connectivity index (χ4v) is 3.55. The van der Waals surface area contributed by atoms with Crippen molar-refractivity contribution in [1.82, 2.24) is 10.1 Å². The molecule has 0 aliphatic heterocycles. The Morgan fingerprint density at radius 2 is 2.00 bits per heavy atom. The molecule has 5 heteroatoms. The first kappa shape index (κ1) is 13.1. The lowest BCUT2D eigenvalue weighted by Gasteiger charge is -2.17. The SMILES string of the molecule is CCOC(OCC)c1nc(C2CC3CCC2C3)no1. The molecule has 1 aromatic rings. The van der Waals surface area contributed by atoms with E-state index in [1.54, 1.807) is 0 Å². The average molecular weight is 266 g/mol. The number of fused-ring (bicyclic) bond motifs is 2. The summed E-state index contributed by atoms with van der Waals surface area (Å²) in [6, 6.07) is 0. The van der Waals surface area contributed by atoms with E-state index in [-0.39, 0.29) is 0 Å². The molecule has 2 aliphatic carbocycles. The van der Waals surface area contributed by atoms with Gasteiger partial charge in [-0.25, -0.2) is 0 Å². The van der Waals surface area contributed by atoms with Gasteiger partial charge in [-0.05, 0) is 44.9 Å². The monoisotopic (exact) mass is 266 g/mol. The van der Waals surface area contributed by atoms with Crippen LogP contribution < -0.4 is 0 Å². The summed E-state index contributed by atoms with van der Waals surface area (Å²) < 4.78 is 16.3. The number of hydrogen-bond acceptors (Lipinski definition) is 5. The molecule has 3 unspecified atom stereocenters. The molecule has 19 heavy (non-hydrogen) atoms. The molecule has 1 heterocycles. The predicted octanol–water partition coefficient (Wildman–Crippen LogP) is 3.04. The summed E-state index contributed by atoms with van der Waals surface area (Å²) in [6.07, 6.45) is 4.74. The lowest BCUT2D eigenvalue weighted by Crippen LogP contribution is -2.12. The van der Waals surface area contributed by atoms with E-state index in [1.165, 1.54) is 25.7 Å². The standard InChI is InChI=1S/C14H22N2O3/c1-3-17-14(18-4-2)13-15-12(16-19-13)11-8-9-5-6-10(11)7-9/h9-11,14H,3-8H2,1-2H3. The summed E-state index contributed by atoms with van der Waals surface area (Å²) in [5.41, 5.74) is 0. The van der Waals surface area contributed by atoms with E-state index in [0.29, 0.717) is 25.0 Å². The van der Waals surface area contributed by atoms with Crippen LogP contribution in [0.4, 0.5) is 0 Å². The molecule has 0 radical (unpaired) electrons. The minimum atomic E-state index is -0.519. The quantitative estimate of drug-likeness (QED) is 0.741.